The summed E-state index contributed by atoms with van der Waals surface area (Å²) in [6.45, 7) is 8.27. The van der Waals surface area contributed by atoms with Crippen molar-refractivity contribution in [2.24, 2.45) is 0 Å². The van der Waals surface area contributed by atoms with Crippen LogP contribution in [0.2, 0.25) is 0 Å². The summed E-state index contributed by atoms with van der Waals surface area (Å²) in [6, 6.07) is 15.8. The summed E-state index contributed by atoms with van der Waals surface area (Å²) < 4.78 is 5.87. The van der Waals surface area contributed by atoms with Gasteiger partial charge in [-0.25, -0.2) is 0 Å². The second kappa shape index (κ2) is 8.55. The number of nitrogens with zero attached hydrogens (tertiary/aromatic N) is 1. The summed E-state index contributed by atoms with van der Waals surface area (Å²) in [6.07, 6.45) is 7.70. The molecule has 0 fully saturated rings. The fourth-order valence-corrected chi connectivity index (χ4v) is 2.46. The van der Waals surface area contributed by atoms with Crippen LogP contribution < -0.4 is 4.74 Å². The highest BCUT2D eigenvalue weighted by Crippen LogP contribution is 2.27. The molecule has 2 aromatic rings. The van der Waals surface area contributed by atoms with Gasteiger partial charge in [0.2, 0.25) is 0 Å². The predicted octanol–water partition coefficient (Wildman–Crippen LogP) is 5.60. The van der Waals surface area contributed by atoms with Crippen molar-refractivity contribution in [3.05, 3.63) is 90.0 Å². The zero-order valence-corrected chi connectivity index (χ0v) is 14.1. The minimum Gasteiger partial charge on any atom is -0.489 e. The molecule has 0 aliphatic heterocycles. The molecule has 0 heterocycles. The molecule has 2 heteroatoms. The van der Waals surface area contributed by atoms with Crippen molar-refractivity contribution in [3.8, 4) is 22.9 Å². The first-order chi connectivity index (χ1) is 11.7. The van der Waals surface area contributed by atoms with Gasteiger partial charge in [-0.3, -0.25) is 0 Å². The van der Waals surface area contributed by atoms with Crippen molar-refractivity contribution in [2.75, 3.05) is 6.61 Å². The van der Waals surface area contributed by atoms with Crippen molar-refractivity contribution in [1.29, 1.82) is 5.26 Å². The molecule has 2 nitrogen and oxygen atoms in total. The first kappa shape index (κ1) is 17.3. The average Bonchev–Trinajstić information content (AvgIpc) is 2.60. The maximum absolute atomic E-state index is 8.89. The lowest BCUT2D eigenvalue weighted by Gasteiger charge is -2.11. The second-order valence-corrected chi connectivity index (χ2v) is 5.43. The third-order valence-corrected chi connectivity index (χ3v) is 3.64. The van der Waals surface area contributed by atoms with Crippen molar-refractivity contribution in [2.45, 2.75) is 13.8 Å². The van der Waals surface area contributed by atoms with Crippen LogP contribution in [0.4, 0.5) is 0 Å². The van der Waals surface area contributed by atoms with Crippen molar-refractivity contribution in [1.82, 2.24) is 0 Å². The molecule has 0 spiro atoms. The Morgan fingerprint density at radius 2 is 1.96 bits per heavy atom. The number of nitriles is 1. The molecule has 0 aliphatic carbocycles. The van der Waals surface area contributed by atoms with Crippen molar-refractivity contribution in [3.63, 3.8) is 0 Å². The van der Waals surface area contributed by atoms with E-state index in [1.165, 1.54) is 0 Å². The van der Waals surface area contributed by atoms with Crippen molar-refractivity contribution >= 4 is 0 Å². The van der Waals surface area contributed by atoms with E-state index >= 15 is 0 Å². The smallest absolute Gasteiger partial charge is 0.120 e. The number of benzene rings is 2. The van der Waals surface area contributed by atoms with Gasteiger partial charge in [0.25, 0.3) is 0 Å². The zero-order chi connectivity index (χ0) is 17.4. The van der Waals surface area contributed by atoms with Gasteiger partial charge in [-0.2, -0.15) is 5.26 Å². The van der Waals surface area contributed by atoms with Gasteiger partial charge in [-0.05, 0) is 60.4 Å². The van der Waals surface area contributed by atoms with Gasteiger partial charge in [-0.1, -0.05) is 49.1 Å². The van der Waals surface area contributed by atoms with E-state index in [4.69, 9.17) is 10.00 Å². The Hall–Kier alpha value is -3.05. The molecule has 2 rings (SSSR count). The molecule has 120 valence electrons. The van der Waals surface area contributed by atoms with E-state index in [2.05, 4.69) is 25.6 Å². The fourth-order valence-electron chi connectivity index (χ4n) is 2.46. The quantitative estimate of drug-likeness (QED) is 0.650. The Morgan fingerprint density at radius 1 is 1.21 bits per heavy atom. The van der Waals surface area contributed by atoms with Gasteiger partial charge in [-0.15, -0.1) is 0 Å². The van der Waals surface area contributed by atoms with Gasteiger partial charge in [0.05, 0.1) is 11.6 Å². The summed E-state index contributed by atoms with van der Waals surface area (Å²) in [5.41, 5.74) is 5.11. The SMILES string of the molecule is C=C/C=C(\C=C/C)COc1ccc(-c2ccc(C#N)cc2)c(C)c1. The molecule has 0 unspecified atom stereocenters. The number of aryl methyl sites for hydroxylation is 1. The number of ether oxygens (including phenoxy) is 1. The first-order valence-corrected chi connectivity index (χ1v) is 7.86. The van der Waals surface area contributed by atoms with E-state index in [0.29, 0.717) is 12.2 Å². The average molecular weight is 315 g/mol. The maximum atomic E-state index is 8.89. The highest BCUT2D eigenvalue weighted by Gasteiger charge is 2.04. The Labute approximate surface area is 144 Å². The zero-order valence-electron chi connectivity index (χ0n) is 14.1. The van der Waals surface area contributed by atoms with Crippen LogP contribution in [0, 0.1) is 18.3 Å². The number of hydrogen-bond acceptors (Lipinski definition) is 2. The standard InChI is InChI=1S/C22H21NO/c1-4-6-19(7-5-2)16-24-21-12-13-22(17(3)14-21)20-10-8-18(15-23)9-11-20/h4-14H,1,16H2,2-3H3/b7-5-,19-6+. The van der Waals surface area contributed by atoms with Gasteiger partial charge < -0.3 is 4.74 Å². The van der Waals surface area contributed by atoms with E-state index in [-0.39, 0.29) is 0 Å². The molecular weight excluding hydrogens is 294 g/mol. The van der Waals surface area contributed by atoms with Crippen LogP contribution in [0.3, 0.4) is 0 Å². The van der Waals surface area contributed by atoms with Crippen LogP contribution in [0.15, 0.2) is 78.9 Å². The van der Waals surface area contributed by atoms with E-state index in [0.717, 1.165) is 28.0 Å². The minimum atomic E-state index is 0.506. The monoisotopic (exact) mass is 315 g/mol. The van der Waals surface area contributed by atoms with Gasteiger partial charge in [0, 0.05) is 0 Å². The highest BCUT2D eigenvalue weighted by molar-refractivity contribution is 5.68. The van der Waals surface area contributed by atoms with Crippen LogP contribution in [-0.4, -0.2) is 6.61 Å². The largest absolute Gasteiger partial charge is 0.489 e. The molecule has 2 aromatic carbocycles. The minimum absolute atomic E-state index is 0.506. The van der Waals surface area contributed by atoms with E-state index in [1.54, 1.807) is 6.08 Å². The van der Waals surface area contributed by atoms with E-state index < -0.39 is 0 Å². The van der Waals surface area contributed by atoms with Crippen LogP contribution in [0.1, 0.15) is 18.1 Å². The fraction of sp³-hybridized carbons (Fsp3) is 0.136. The molecule has 0 saturated heterocycles. The Morgan fingerprint density at radius 3 is 2.54 bits per heavy atom. The normalized spacial score (nSPS) is 11.3. The molecular formula is C22H21NO. The molecule has 0 bridgehead atoms. The lowest BCUT2D eigenvalue weighted by atomic mass is 9.99. The molecule has 0 atom stereocenters. The van der Waals surface area contributed by atoms with Crippen LogP contribution >= 0.6 is 0 Å². The number of hydrogen-bond donors (Lipinski definition) is 0. The van der Waals surface area contributed by atoms with Crippen molar-refractivity contribution < 1.29 is 4.74 Å². The van der Waals surface area contributed by atoms with Gasteiger partial charge in [0.15, 0.2) is 0 Å². The van der Waals surface area contributed by atoms with E-state index in [1.807, 2.05) is 61.5 Å². The summed E-state index contributed by atoms with van der Waals surface area (Å²) >= 11 is 0. The van der Waals surface area contributed by atoms with Crippen LogP contribution in [0.5, 0.6) is 5.75 Å². The lowest BCUT2D eigenvalue weighted by Crippen LogP contribution is -2.00. The topological polar surface area (TPSA) is 33.0 Å². The summed E-state index contributed by atoms with van der Waals surface area (Å²) in [5, 5.41) is 8.89. The van der Waals surface area contributed by atoms with Gasteiger partial charge >= 0.3 is 0 Å². The highest BCUT2D eigenvalue weighted by atomic mass is 16.5. The third-order valence-electron chi connectivity index (χ3n) is 3.64. The number of allylic oxidation sites excluding steroid dienone is 3. The summed E-state index contributed by atoms with van der Waals surface area (Å²) in [7, 11) is 0. The molecule has 0 saturated carbocycles. The maximum Gasteiger partial charge on any atom is 0.120 e. The Kier molecular flexibility index (Phi) is 6.16. The summed E-state index contributed by atoms with van der Waals surface area (Å²) in [4.78, 5) is 0. The van der Waals surface area contributed by atoms with E-state index in [9.17, 15) is 0 Å². The molecule has 24 heavy (non-hydrogen) atoms. The molecule has 0 aliphatic rings. The lowest BCUT2D eigenvalue weighted by molar-refractivity contribution is 0.355. The predicted molar refractivity (Wildman–Crippen MR) is 99.9 cm³/mol. The first-order valence-electron chi connectivity index (χ1n) is 7.86. The molecule has 0 aromatic heterocycles. The third kappa shape index (κ3) is 4.47. The Bertz CT molecular complexity index is 805. The molecule has 0 amide bonds. The van der Waals surface area contributed by atoms with Crippen LogP contribution in [-0.2, 0) is 0 Å². The van der Waals surface area contributed by atoms with Gasteiger partial charge in [0.1, 0.15) is 12.4 Å². The van der Waals surface area contributed by atoms with Crippen LogP contribution in [0.25, 0.3) is 11.1 Å². The Balaban J connectivity index is 2.15. The number of rotatable bonds is 6. The molecule has 0 N–H and O–H groups in total. The summed E-state index contributed by atoms with van der Waals surface area (Å²) in [5.74, 6) is 0.837. The molecule has 0 radical (unpaired) electrons. The second-order valence-electron chi connectivity index (χ2n) is 5.43.